The number of hydrogen-bond acceptors (Lipinski definition) is 4. The maximum Gasteiger partial charge on any atom is 0.387 e. The van der Waals surface area contributed by atoms with E-state index in [0.717, 1.165) is 5.69 Å². The lowest BCUT2D eigenvalue weighted by Crippen LogP contribution is -2.48. The first-order valence-corrected chi connectivity index (χ1v) is 9.42. The average Bonchev–Trinajstić information content (AvgIpc) is 2.68. The lowest BCUT2D eigenvalue weighted by Gasteiger charge is -2.37. The Bertz CT molecular complexity index is 935. The van der Waals surface area contributed by atoms with Crippen molar-refractivity contribution in [2.75, 3.05) is 11.5 Å². The van der Waals surface area contributed by atoms with Crippen molar-refractivity contribution in [2.45, 2.75) is 26.5 Å². The fourth-order valence-corrected chi connectivity index (χ4v) is 3.62. The molecule has 1 atom stereocenters. The molecular formula is C21H20F2N2O3S. The molecule has 1 aliphatic heterocycles. The first-order valence-electron chi connectivity index (χ1n) is 9.01. The fourth-order valence-electron chi connectivity index (χ4n) is 3.26. The number of esters is 1. The Morgan fingerprint density at radius 1 is 1.17 bits per heavy atom. The van der Waals surface area contributed by atoms with Gasteiger partial charge in [-0.1, -0.05) is 36.4 Å². The van der Waals surface area contributed by atoms with E-state index in [1.807, 2.05) is 30.3 Å². The topological polar surface area (TPSA) is 50.8 Å². The van der Waals surface area contributed by atoms with Gasteiger partial charge in [-0.15, -0.1) is 0 Å². The van der Waals surface area contributed by atoms with Crippen molar-refractivity contribution in [1.82, 2.24) is 5.32 Å². The normalized spacial score (nSPS) is 16.7. The van der Waals surface area contributed by atoms with Crippen LogP contribution in [0, 0.1) is 0 Å². The number of carbonyl (C=O) groups is 1. The highest BCUT2D eigenvalue weighted by atomic mass is 32.1. The van der Waals surface area contributed by atoms with Crippen LogP contribution >= 0.6 is 12.2 Å². The summed E-state index contributed by atoms with van der Waals surface area (Å²) in [6.45, 7) is 0.624. The standard InChI is InChI=1S/C21H20F2N2O3S/c1-3-27-19(26)17-13(2)25(14-9-5-4-6-10-14)21(29)24-18(17)15-11-7-8-12-16(15)28-20(22)23/h4-12,18,20H,3H2,1-2H3,(H,24,29). The van der Waals surface area contributed by atoms with Gasteiger partial charge in [-0.3, -0.25) is 4.90 Å². The van der Waals surface area contributed by atoms with Crippen LogP contribution in [0.1, 0.15) is 25.5 Å². The molecule has 5 nitrogen and oxygen atoms in total. The summed E-state index contributed by atoms with van der Waals surface area (Å²) >= 11 is 5.54. The third-order valence-electron chi connectivity index (χ3n) is 4.44. The maximum absolute atomic E-state index is 12.9. The molecule has 1 heterocycles. The largest absolute Gasteiger partial charge is 0.463 e. The van der Waals surface area contributed by atoms with Crippen molar-refractivity contribution in [3.05, 3.63) is 71.4 Å². The second-order valence-electron chi connectivity index (χ2n) is 6.19. The molecule has 0 aromatic heterocycles. The molecule has 3 rings (SSSR count). The fraction of sp³-hybridized carbons (Fsp3) is 0.238. The first-order chi connectivity index (χ1) is 13.9. The summed E-state index contributed by atoms with van der Waals surface area (Å²) in [4.78, 5) is 14.5. The van der Waals surface area contributed by atoms with Gasteiger partial charge in [0.05, 0.1) is 18.2 Å². The van der Waals surface area contributed by atoms with Gasteiger partial charge in [0.25, 0.3) is 0 Å². The van der Waals surface area contributed by atoms with Crippen LogP contribution in [0.2, 0.25) is 0 Å². The highest BCUT2D eigenvalue weighted by Crippen LogP contribution is 2.37. The molecule has 1 N–H and O–H groups in total. The number of carbonyl (C=O) groups excluding carboxylic acids is 1. The number of allylic oxidation sites excluding steroid dienone is 1. The maximum atomic E-state index is 12.9. The highest BCUT2D eigenvalue weighted by Gasteiger charge is 2.36. The lowest BCUT2D eigenvalue weighted by atomic mass is 9.94. The van der Waals surface area contributed by atoms with Crippen LogP contribution in [0.25, 0.3) is 0 Å². The zero-order chi connectivity index (χ0) is 21.0. The van der Waals surface area contributed by atoms with Crippen LogP contribution in [0.15, 0.2) is 65.9 Å². The number of nitrogens with zero attached hydrogens (tertiary/aromatic N) is 1. The van der Waals surface area contributed by atoms with Gasteiger partial charge in [0.1, 0.15) is 5.75 Å². The average molecular weight is 418 g/mol. The summed E-state index contributed by atoms with van der Waals surface area (Å²) in [5.41, 5.74) is 1.95. The van der Waals surface area contributed by atoms with Crippen LogP contribution in [-0.2, 0) is 9.53 Å². The number of halogens is 2. The molecule has 152 valence electrons. The molecule has 29 heavy (non-hydrogen) atoms. The van der Waals surface area contributed by atoms with Gasteiger partial charge < -0.3 is 14.8 Å². The highest BCUT2D eigenvalue weighted by molar-refractivity contribution is 7.80. The number of alkyl halides is 2. The van der Waals surface area contributed by atoms with Crippen molar-refractivity contribution in [1.29, 1.82) is 0 Å². The minimum Gasteiger partial charge on any atom is -0.463 e. The molecule has 1 unspecified atom stereocenters. The molecule has 1 aliphatic rings. The van der Waals surface area contributed by atoms with Crippen LogP contribution in [0.4, 0.5) is 14.5 Å². The number of thiocarbonyl (C=S) groups is 1. The van der Waals surface area contributed by atoms with Gasteiger partial charge in [0.2, 0.25) is 0 Å². The van der Waals surface area contributed by atoms with E-state index >= 15 is 0 Å². The molecule has 8 heteroatoms. The smallest absolute Gasteiger partial charge is 0.387 e. The Labute approximate surface area is 172 Å². The third-order valence-corrected chi connectivity index (χ3v) is 4.74. The number of anilines is 1. The van der Waals surface area contributed by atoms with E-state index in [9.17, 15) is 13.6 Å². The Morgan fingerprint density at radius 2 is 1.83 bits per heavy atom. The number of ether oxygens (including phenoxy) is 2. The summed E-state index contributed by atoms with van der Waals surface area (Å²) in [7, 11) is 0. The monoisotopic (exact) mass is 418 g/mol. The van der Waals surface area contributed by atoms with Crippen LogP contribution < -0.4 is 15.0 Å². The minimum absolute atomic E-state index is 0.0365. The molecule has 0 aliphatic carbocycles. The second kappa shape index (κ2) is 9.00. The number of para-hydroxylation sites is 2. The van der Waals surface area contributed by atoms with E-state index in [4.69, 9.17) is 17.0 Å². The molecule has 2 aromatic rings. The zero-order valence-electron chi connectivity index (χ0n) is 15.9. The Balaban J connectivity index is 2.14. The van der Waals surface area contributed by atoms with E-state index in [-0.39, 0.29) is 17.9 Å². The third kappa shape index (κ3) is 4.37. The Kier molecular flexibility index (Phi) is 6.43. The zero-order valence-corrected chi connectivity index (χ0v) is 16.7. The Hall–Kier alpha value is -3.00. The Morgan fingerprint density at radius 3 is 2.48 bits per heavy atom. The van der Waals surface area contributed by atoms with Gasteiger partial charge in [-0.2, -0.15) is 8.78 Å². The van der Waals surface area contributed by atoms with Crippen LogP contribution in [0.3, 0.4) is 0 Å². The molecule has 0 spiro atoms. The molecule has 0 saturated carbocycles. The molecule has 2 aromatic carbocycles. The van der Waals surface area contributed by atoms with E-state index in [0.29, 0.717) is 16.4 Å². The number of benzene rings is 2. The summed E-state index contributed by atoms with van der Waals surface area (Å²) in [6, 6.07) is 14.8. The molecule has 0 bridgehead atoms. The molecule has 0 saturated heterocycles. The number of rotatable bonds is 6. The summed E-state index contributed by atoms with van der Waals surface area (Å²) in [6.07, 6.45) is 0. The van der Waals surface area contributed by atoms with Gasteiger partial charge in [0, 0.05) is 16.9 Å². The first kappa shape index (κ1) is 20.7. The van der Waals surface area contributed by atoms with Gasteiger partial charge >= 0.3 is 12.6 Å². The van der Waals surface area contributed by atoms with Crippen molar-refractivity contribution < 1.29 is 23.0 Å². The predicted octanol–water partition coefficient (Wildman–Crippen LogP) is 4.56. The van der Waals surface area contributed by atoms with Gasteiger partial charge in [-0.05, 0) is 44.3 Å². The predicted molar refractivity (Wildman–Crippen MR) is 110 cm³/mol. The molecular weight excluding hydrogens is 398 g/mol. The van der Waals surface area contributed by atoms with Crippen molar-refractivity contribution >= 4 is 29.0 Å². The number of hydrogen-bond donors (Lipinski definition) is 1. The molecule has 0 amide bonds. The lowest BCUT2D eigenvalue weighted by molar-refractivity contribution is -0.139. The van der Waals surface area contributed by atoms with Gasteiger partial charge in [-0.25, -0.2) is 4.79 Å². The summed E-state index contributed by atoms with van der Waals surface area (Å²) in [5.74, 6) is -0.594. The number of nitrogens with one attached hydrogen (secondary N) is 1. The van der Waals surface area contributed by atoms with Crippen molar-refractivity contribution in [3.8, 4) is 5.75 Å². The molecule has 0 radical (unpaired) electrons. The second-order valence-corrected chi connectivity index (χ2v) is 6.58. The quantitative estimate of drug-likeness (QED) is 0.548. The van der Waals surface area contributed by atoms with Crippen LogP contribution in [0.5, 0.6) is 5.75 Å². The SMILES string of the molecule is CCOC(=O)C1=C(C)N(c2ccccc2)C(=S)NC1c1ccccc1OC(F)F. The summed E-state index contributed by atoms with van der Waals surface area (Å²) < 4.78 is 35.7. The molecule has 0 fully saturated rings. The van der Waals surface area contributed by atoms with E-state index < -0.39 is 18.6 Å². The van der Waals surface area contributed by atoms with E-state index in [1.165, 1.54) is 6.07 Å². The van der Waals surface area contributed by atoms with E-state index in [2.05, 4.69) is 10.1 Å². The van der Waals surface area contributed by atoms with Crippen molar-refractivity contribution in [2.24, 2.45) is 0 Å². The van der Waals surface area contributed by atoms with E-state index in [1.54, 1.807) is 36.9 Å². The van der Waals surface area contributed by atoms with Crippen molar-refractivity contribution in [3.63, 3.8) is 0 Å². The van der Waals surface area contributed by atoms with Crippen LogP contribution in [-0.4, -0.2) is 24.3 Å². The van der Waals surface area contributed by atoms with Gasteiger partial charge in [0.15, 0.2) is 5.11 Å². The minimum atomic E-state index is -3.00. The summed E-state index contributed by atoms with van der Waals surface area (Å²) in [5, 5.41) is 3.42.